The van der Waals surface area contributed by atoms with E-state index >= 15 is 0 Å². The van der Waals surface area contributed by atoms with Gasteiger partial charge in [0.1, 0.15) is 0 Å². The van der Waals surface area contributed by atoms with Crippen molar-refractivity contribution in [1.29, 1.82) is 0 Å². The van der Waals surface area contributed by atoms with Crippen LogP contribution in [0, 0.1) is 0 Å². The number of hydrogen-bond acceptors (Lipinski definition) is 3. The summed E-state index contributed by atoms with van der Waals surface area (Å²) in [5, 5.41) is 2.81. The highest BCUT2D eigenvalue weighted by Gasteiger charge is 2.05. The van der Waals surface area contributed by atoms with Crippen LogP contribution in [0.2, 0.25) is 0 Å². The highest BCUT2D eigenvalue weighted by Crippen LogP contribution is 1.88. The number of ketones is 1. The molecule has 0 saturated carbocycles. The second-order valence-electron chi connectivity index (χ2n) is 4.14. The zero-order valence-corrected chi connectivity index (χ0v) is 10.6. The molecule has 4 nitrogen and oxygen atoms in total. The first-order chi connectivity index (χ1) is 7.45. The first kappa shape index (κ1) is 14.8. The van der Waals surface area contributed by atoms with Crippen molar-refractivity contribution >= 4 is 11.7 Å². The average Bonchev–Trinajstić information content (AvgIpc) is 2.15. The number of carbonyl (C=O) groups is 2. The second-order valence-corrected chi connectivity index (χ2v) is 4.14. The van der Waals surface area contributed by atoms with Crippen molar-refractivity contribution in [2.75, 3.05) is 20.1 Å². The van der Waals surface area contributed by atoms with Gasteiger partial charge in [-0.2, -0.15) is 0 Å². The van der Waals surface area contributed by atoms with Gasteiger partial charge in [-0.3, -0.25) is 14.5 Å². The molecular weight excluding hydrogens is 204 g/mol. The average molecular weight is 226 g/mol. The Morgan fingerprint density at radius 2 is 2.00 bits per heavy atom. The molecule has 0 saturated heterocycles. The molecule has 0 aromatic carbocycles. The molecule has 0 heterocycles. The van der Waals surface area contributed by atoms with Crippen molar-refractivity contribution in [3.8, 4) is 0 Å². The summed E-state index contributed by atoms with van der Waals surface area (Å²) in [7, 11) is 1.85. The summed E-state index contributed by atoms with van der Waals surface area (Å²) in [4.78, 5) is 24.2. The fraction of sp³-hybridized carbons (Fsp3) is 0.667. The van der Waals surface area contributed by atoms with Crippen molar-refractivity contribution in [2.45, 2.75) is 33.2 Å². The third-order valence-corrected chi connectivity index (χ3v) is 1.93. The maximum absolute atomic E-state index is 11.4. The maximum atomic E-state index is 11.4. The minimum absolute atomic E-state index is 0.00715. The third-order valence-electron chi connectivity index (χ3n) is 1.93. The molecule has 0 fully saturated rings. The minimum Gasteiger partial charge on any atom is -0.353 e. The van der Waals surface area contributed by atoms with Gasteiger partial charge in [-0.1, -0.05) is 13.0 Å². The Labute approximate surface area is 97.7 Å². The number of likely N-dealkylation sites (N-methyl/N-ethyl adjacent to an activating group) is 1. The van der Waals surface area contributed by atoms with Gasteiger partial charge in [0.05, 0.1) is 6.54 Å². The van der Waals surface area contributed by atoms with E-state index in [0.29, 0.717) is 19.5 Å². The Kier molecular flexibility index (Phi) is 7.46. The molecule has 0 aliphatic carbocycles. The number of rotatable bonds is 7. The molecular formula is C12H22N2O2. The molecule has 0 aliphatic heterocycles. The fourth-order valence-corrected chi connectivity index (χ4v) is 1.16. The summed E-state index contributed by atoms with van der Waals surface area (Å²) in [5.74, 6) is 0.118. The van der Waals surface area contributed by atoms with E-state index in [1.807, 2.05) is 32.7 Å². The Hall–Kier alpha value is -1.16. The molecule has 0 rings (SSSR count). The molecule has 0 unspecified atom stereocenters. The predicted molar refractivity (Wildman–Crippen MR) is 65.2 cm³/mol. The van der Waals surface area contributed by atoms with E-state index in [4.69, 9.17) is 0 Å². The van der Waals surface area contributed by atoms with Crippen LogP contribution >= 0.6 is 0 Å². The van der Waals surface area contributed by atoms with E-state index in [-0.39, 0.29) is 17.7 Å². The highest BCUT2D eigenvalue weighted by atomic mass is 16.2. The first-order valence-corrected chi connectivity index (χ1v) is 5.63. The Balaban J connectivity index is 3.82. The molecule has 0 spiro atoms. The third kappa shape index (κ3) is 8.17. The standard InChI is InChI=1S/C12H22N2O2/c1-5-11(15)7-6-8-14(4)9-12(16)13-10(2)3/h6-7,10H,5,8-9H2,1-4H3,(H,13,16)/b7-6+. The van der Waals surface area contributed by atoms with Gasteiger partial charge in [-0.05, 0) is 27.0 Å². The smallest absolute Gasteiger partial charge is 0.234 e. The van der Waals surface area contributed by atoms with E-state index in [1.165, 1.54) is 0 Å². The number of nitrogens with zero attached hydrogens (tertiary/aromatic N) is 1. The van der Waals surface area contributed by atoms with Gasteiger partial charge < -0.3 is 5.32 Å². The summed E-state index contributed by atoms with van der Waals surface area (Å²) < 4.78 is 0. The van der Waals surface area contributed by atoms with Gasteiger partial charge in [0, 0.05) is 19.0 Å². The summed E-state index contributed by atoms with van der Waals surface area (Å²) in [6.07, 6.45) is 3.87. The number of hydrogen-bond donors (Lipinski definition) is 1. The lowest BCUT2D eigenvalue weighted by molar-refractivity contribution is -0.122. The monoisotopic (exact) mass is 226 g/mol. The summed E-state index contributed by atoms with van der Waals surface area (Å²) in [5.41, 5.74) is 0. The van der Waals surface area contributed by atoms with Crippen LogP contribution in [0.15, 0.2) is 12.2 Å². The van der Waals surface area contributed by atoms with E-state index in [2.05, 4.69) is 5.32 Å². The van der Waals surface area contributed by atoms with Crippen LogP contribution in [-0.4, -0.2) is 42.8 Å². The normalized spacial score (nSPS) is 11.4. The first-order valence-electron chi connectivity index (χ1n) is 5.63. The molecule has 4 heteroatoms. The molecule has 1 N–H and O–H groups in total. The minimum atomic E-state index is 0.00715. The zero-order chi connectivity index (χ0) is 12.6. The van der Waals surface area contributed by atoms with Crippen molar-refractivity contribution in [2.24, 2.45) is 0 Å². The lowest BCUT2D eigenvalue weighted by Crippen LogP contribution is -2.38. The molecule has 1 amide bonds. The molecule has 0 bridgehead atoms. The van der Waals surface area contributed by atoms with Gasteiger partial charge in [0.25, 0.3) is 0 Å². The highest BCUT2D eigenvalue weighted by molar-refractivity contribution is 5.89. The predicted octanol–water partition coefficient (Wildman–Crippen LogP) is 0.978. The van der Waals surface area contributed by atoms with E-state index < -0.39 is 0 Å². The van der Waals surface area contributed by atoms with Gasteiger partial charge in [0.15, 0.2) is 5.78 Å². The van der Waals surface area contributed by atoms with Crippen LogP contribution in [-0.2, 0) is 9.59 Å². The lowest BCUT2D eigenvalue weighted by atomic mass is 10.3. The number of amides is 1. The topological polar surface area (TPSA) is 49.4 Å². The summed E-state index contributed by atoms with van der Waals surface area (Å²) in [6, 6.07) is 0.165. The number of nitrogens with one attached hydrogen (secondary N) is 1. The molecule has 16 heavy (non-hydrogen) atoms. The summed E-state index contributed by atoms with van der Waals surface area (Å²) in [6.45, 7) is 6.64. The maximum Gasteiger partial charge on any atom is 0.234 e. The van der Waals surface area contributed by atoms with E-state index in [1.54, 1.807) is 12.2 Å². The van der Waals surface area contributed by atoms with Gasteiger partial charge in [-0.15, -0.1) is 0 Å². The second kappa shape index (κ2) is 8.05. The molecule has 0 aromatic heterocycles. The van der Waals surface area contributed by atoms with Crippen LogP contribution in [0.1, 0.15) is 27.2 Å². The van der Waals surface area contributed by atoms with Crippen LogP contribution in [0.5, 0.6) is 0 Å². The van der Waals surface area contributed by atoms with Crippen LogP contribution < -0.4 is 5.32 Å². The Morgan fingerprint density at radius 3 is 2.50 bits per heavy atom. The van der Waals surface area contributed by atoms with Crippen LogP contribution in [0.3, 0.4) is 0 Å². The molecule has 0 aliphatic rings. The van der Waals surface area contributed by atoms with Crippen molar-refractivity contribution < 1.29 is 9.59 Å². The molecule has 0 aromatic rings. The van der Waals surface area contributed by atoms with E-state index in [9.17, 15) is 9.59 Å². The largest absolute Gasteiger partial charge is 0.353 e. The molecule has 92 valence electrons. The van der Waals surface area contributed by atoms with Crippen molar-refractivity contribution in [3.63, 3.8) is 0 Å². The molecule has 0 radical (unpaired) electrons. The SMILES string of the molecule is CCC(=O)/C=C/CN(C)CC(=O)NC(C)C. The van der Waals surface area contributed by atoms with Gasteiger partial charge >= 0.3 is 0 Å². The Bertz CT molecular complexity index is 260. The lowest BCUT2D eigenvalue weighted by Gasteiger charge is -2.15. The van der Waals surface area contributed by atoms with Crippen molar-refractivity contribution in [1.82, 2.24) is 10.2 Å². The zero-order valence-electron chi connectivity index (χ0n) is 10.6. The quantitative estimate of drug-likeness (QED) is 0.658. The number of carbonyl (C=O) groups excluding carboxylic acids is 2. The Morgan fingerprint density at radius 1 is 1.38 bits per heavy atom. The van der Waals surface area contributed by atoms with Crippen molar-refractivity contribution in [3.05, 3.63) is 12.2 Å². The van der Waals surface area contributed by atoms with Crippen LogP contribution in [0.4, 0.5) is 0 Å². The number of allylic oxidation sites excluding steroid dienone is 1. The van der Waals surface area contributed by atoms with E-state index in [0.717, 1.165) is 0 Å². The fourth-order valence-electron chi connectivity index (χ4n) is 1.16. The molecule has 0 atom stereocenters. The summed E-state index contributed by atoms with van der Waals surface area (Å²) >= 11 is 0. The van der Waals surface area contributed by atoms with Crippen LogP contribution in [0.25, 0.3) is 0 Å². The van der Waals surface area contributed by atoms with Gasteiger partial charge in [0.2, 0.25) is 5.91 Å². The van der Waals surface area contributed by atoms with Gasteiger partial charge in [-0.25, -0.2) is 0 Å².